The lowest BCUT2D eigenvalue weighted by molar-refractivity contribution is 0.698. The van der Waals surface area contributed by atoms with E-state index >= 15 is 0 Å². The molecule has 2 rings (SSSR count). The van der Waals surface area contributed by atoms with Gasteiger partial charge in [0, 0.05) is 30.7 Å². The van der Waals surface area contributed by atoms with E-state index in [2.05, 4.69) is 38.4 Å². The first-order valence-electron chi connectivity index (χ1n) is 5.37. The van der Waals surface area contributed by atoms with Gasteiger partial charge in [-0.25, -0.2) is 0 Å². The Morgan fingerprint density at radius 2 is 2.18 bits per heavy atom. The summed E-state index contributed by atoms with van der Waals surface area (Å²) in [5.41, 5.74) is 7.71. The van der Waals surface area contributed by atoms with Gasteiger partial charge in [-0.1, -0.05) is 0 Å². The first-order valence-corrected chi connectivity index (χ1v) is 6.97. The van der Waals surface area contributed by atoms with Gasteiger partial charge in [0.15, 0.2) is 0 Å². The number of hydrogen-bond donors (Lipinski definition) is 2. The number of thiophene rings is 1. The van der Waals surface area contributed by atoms with Gasteiger partial charge < -0.3 is 11.1 Å². The smallest absolute Gasteiger partial charge is 0.0701 e. The van der Waals surface area contributed by atoms with Crippen molar-refractivity contribution >= 4 is 27.3 Å². The Kier molecular flexibility index (Phi) is 4.67. The molecule has 0 saturated carbocycles. The molecule has 0 amide bonds. The van der Waals surface area contributed by atoms with Gasteiger partial charge >= 0.3 is 0 Å². The van der Waals surface area contributed by atoms with Crippen LogP contribution in [0.25, 0.3) is 0 Å². The average Bonchev–Trinajstić information content (AvgIpc) is 2.75. The quantitative estimate of drug-likeness (QED) is 0.892. The molecule has 2 aromatic heterocycles. The summed E-state index contributed by atoms with van der Waals surface area (Å²) in [7, 11) is 0. The fourth-order valence-corrected chi connectivity index (χ4v) is 2.98. The van der Waals surface area contributed by atoms with Crippen LogP contribution < -0.4 is 11.1 Å². The normalized spacial score (nSPS) is 10.7. The zero-order valence-electron chi connectivity index (χ0n) is 9.32. The van der Waals surface area contributed by atoms with Gasteiger partial charge in [0.25, 0.3) is 0 Å². The van der Waals surface area contributed by atoms with E-state index in [1.807, 2.05) is 12.1 Å². The van der Waals surface area contributed by atoms with E-state index in [9.17, 15) is 0 Å². The van der Waals surface area contributed by atoms with Crippen LogP contribution in [0.5, 0.6) is 0 Å². The third-order valence-corrected chi connectivity index (χ3v) is 3.97. The summed E-state index contributed by atoms with van der Waals surface area (Å²) in [6.45, 7) is 2.22. The fourth-order valence-electron chi connectivity index (χ4n) is 1.53. The van der Waals surface area contributed by atoms with Crippen molar-refractivity contribution < 1.29 is 0 Å². The average molecular weight is 312 g/mol. The molecule has 0 aromatic carbocycles. The molecule has 0 aliphatic carbocycles. The molecule has 3 N–H and O–H groups in total. The predicted molar refractivity (Wildman–Crippen MR) is 74.7 cm³/mol. The Morgan fingerprint density at radius 1 is 1.29 bits per heavy atom. The summed E-state index contributed by atoms with van der Waals surface area (Å²) in [5, 5.41) is 3.40. The highest BCUT2D eigenvalue weighted by molar-refractivity contribution is 9.11. The number of nitrogens with one attached hydrogen (secondary N) is 1. The summed E-state index contributed by atoms with van der Waals surface area (Å²) in [6.07, 6.45) is 1.81. The monoisotopic (exact) mass is 311 g/mol. The van der Waals surface area contributed by atoms with Crippen LogP contribution in [0, 0.1) is 0 Å². The molecule has 0 spiro atoms. The largest absolute Gasteiger partial charge is 0.325 e. The molecule has 3 nitrogen and oxygen atoms in total. The molecule has 0 aliphatic heterocycles. The maximum atomic E-state index is 5.55. The molecule has 2 aromatic rings. The van der Waals surface area contributed by atoms with Gasteiger partial charge in [-0.3, -0.25) is 4.98 Å². The molecule has 0 aliphatic rings. The SMILES string of the molecule is NCc1cc(CNCc2ccc(Br)s2)ccn1. The molecule has 90 valence electrons. The van der Waals surface area contributed by atoms with Crippen LogP contribution in [0.4, 0.5) is 0 Å². The molecule has 0 saturated heterocycles. The number of nitrogens with two attached hydrogens (primary N) is 1. The lowest BCUT2D eigenvalue weighted by Gasteiger charge is -2.04. The maximum Gasteiger partial charge on any atom is 0.0701 e. The van der Waals surface area contributed by atoms with E-state index in [0.717, 1.165) is 18.8 Å². The van der Waals surface area contributed by atoms with Crippen LogP contribution in [0.1, 0.15) is 16.1 Å². The maximum absolute atomic E-state index is 5.55. The van der Waals surface area contributed by atoms with Gasteiger partial charge in [0.1, 0.15) is 0 Å². The lowest BCUT2D eigenvalue weighted by Crippen LogP contribution is -2.12. The Hall–Kier alpha value is -0.750. The van der Waals surface area contributed by atoms with Crippen LogP contribution >= 0.6 is 27.3 Å². The summed E-state index contributed by atoms with van der Waals surface area (Å²) in [5.74, 6) is 0. The first-order chi connectivity index (χ1) is 8.28. The number of pyridine rings is 1. The molecule has 0 unspecified atom stereocenters. The minimum Gasteiger partial charge on any atom is -0.325 e. The van der Waals surface area contributed by atoms with Gasteiger partial charge in [0.2, 0.25) is 0 Å². The van der Waals surface area contributed by atoms with E-state index in [1.54, 1.807) is 17.5 Å². The van der Waals surface area contributed by atoms with Crippen molar-refractivity contribution in [2.45, 2.75) is 19.6 Å². The number of rotatable bonds is 5. The van der Waals surface area contributed by atoms with Gasteiger partial charge in [-0.2, -0.15) is 0 Å². The van der Waals surface area contributed by atoms with Crippen LogP contribution in [-0.2, 0) is 19.6 Å². The zero-order valence-corrected chi connectivity index (χ0v) is 11.7. The standard InChI is InChI=1S/C12H14BrN3S/c13-12-2-1-11(17-12)8-15-7-9-3-4-16-10(5-9)6-14/h1-5,15H,6-8,14H2. The van der Waals surface area contributed by atoms with E-state index < -0.39 is 0 Å². The third-order valence-electron chi connectivity index (χ3n) is 2.35. The fraction of sp³-hybridized carbons (Fsp3) is 0.250. The number of hydrogen-bond acceptors (Lipinski definition) is 4. The number of halogens is 1. The molecule has 0 radical (unpaired) electrons. The second kappa shape index (κ2) is 6.26. The van der Waals surface area contributed by atoms with E-state index in [0.29, 0.717) is 6.54 Å². The van der Waals surface area contributed by atoms with Crippen molar-refractivity contribution in [2.75, 3.05) is 0 Å². The Morgan fingerprint density at radius 3 is 2.88 bits per heavy atom. The van der Waals surface area contributed by atoms with Crippen molar-refractivity contribution in [3.05, 3.63) is 50.4 Å². The van der Waals surface area contributed by atoms with E-state index in [4.69, 9.17) is 5.73 Å². The van der Waals surface area contributed by atoms with Crippen molar-refractivity contribution in [2.24, 2.45) is 5.73 Å². The van der Waals surface area contributed by atoms with Gasteiger partial charge in [0.05, 0.1) is 9.48 Å². The molecule has 2 heterocycles. The minimum absolute atomic E-state index is 0.492. The van der Waals surface area contributed by atoms with Crippen LogP contribution in [0.2, 0.25) is 0 Å². The molecular weight excluding hydrogens is 298 g/mol. The van der Waals surface area contributed by atoms with Crippen LogP contribution in [0.3, 0.4) is 0 Å². The van der Waals surface area contributed by atoms with Crippen molar-refractivity contribution in [3.63, 3.8) is 0 Å². The Labute approximate surface area is 113 Å². The highest BCUT2D eigenvalue weighted by atomic mass is 79.9. The second-order valence-electron chi connectivity index (χ2n) is 3.67. The molecule has 0 atom stereocenters. The van der Waals surface area contributed by atoms with Crippen molar-refractivity contribution in [3.8, 4) is 0 Å². The van der Waals surface area contributed by atoms with Crippen molar-refractivity contribution in [1.82, 2.24) is 10.3 Å². The Balaban J connectivity index is 1.85. The van der Waals surface area contributed by atoms with E-state index in [-0.39, 0.29) is 0 Å². The first kappa shape index (κ1) is 12.7. The molecule has 5 heteroatoms. The van der Waals surface area contributed by atoms with Crippen LogP contribution in [-0.4, -0.2) is 4.98 Å². The topological polar surface area (TPSA) is 50.9 Å². The summed E-state index contributed by atoms with van der Waals surface area (Å²) < 4.78 is 1.17. The molecular formula is C12H14BrN3S. The van der Waals surface area contributed by atoms with Gasteiger partial charge in [-0.05, 0) is 45.8 Å². The lowest BCUT2D eigenvalue weighted by atomic mass is 10.2. The summed E-state index contributed by atoms with van der Waals surface area (Å²) >= 11 is 5.21. The summed E-state index contributed by atoms with van der Waals surface area (Å²) in [6, 6.07) is 8.24. The third kappa shape index (κ3) is 3.89. The molecule has 17 heavy (non-hydrogen) atoms. The van der Waals surface area contributed by atoms with Crippen molar-refractivity contribution in [1.29, 1.82) is 0 Å². The van der Waals surface area contributed by atoms with E-state index in [1.165, 1.54) is 14.2 Å². The minimum atomic E-state index is 0.492. The number of aromatic nitrogens is 1. The predicted octanol–water partition coefficient (Wildman–Crippen LogP) is 2.65. The van der Waals surface area contributed by atoms with Crippen LogP contribution in [0.15, 0.2) is 34.2 Å². The highest BCUT2D eigenvalue weighted by Gasteiger charge is 1.98. The second-order valence-corrected chi connectivity index (χ2v) is 6.22. The molecule has 0 bridgehead atoms. The summed E-state index contributed by atoms with van der Waals surface area (Å²) in [4.78, 5) is 5.49. The molecule has 0 fully saturated rings. The highest BCUT2D eigenvalue weighted by Crippen LogP contribution is 2.21. The van der Waals surface area contributed by atoms with Gasteiger partial charge in [-0.15, -0.1) is 11.3 Å². The Bertz CT molecular complexity index is 484. The number of nitrogens with zero attached hydrogens (tertiary/aromatic N) is 1. The zero-order chi connectivity index (χ0) is 12.1.